The summed E-state index contributed by atoms with van der Waals surface area (Å²) in [6, 6.07) is 10.2. The van der Waals surface area contributed by atoms with Crippen molar-refractivity contribution < 1.29 is 18.0 Å². The van der Waals surface area contributed by atoms with Crippen LogP contribution in [0.2, 0.25) is 5.02 Å². The highest BCUT2D eigenvalue weighted by Crippen LogP contribution is 2.29. The quantitative estimate of drug-likeness (QED) is 0.645. The van der Waals surface area contributed by atoms with Gasteiger partial charge in [0.2, 0.25) is 5.96 Å². The van der Waals surface area contributed by atoms with E-state index in [1.165, 1.54) is 0 Å². The lowest BCUT2D eigenvalue weighted by atomic mass is 10.1. The highest BCUT2D eigenvalue weighted by molar-refractivity contribution is 6.30. The van der Waals surface area contributed by atoms with Gasteiger partial charge in [-0.15, -0.1) is 0 Å². The van der Waals surface area contributed by atoms with Crippen LogP contribution in [-0.4, -0.2) is 11.9 Å². The standard InChI is InChI=1S/C15H11ClF3N3O/c16-11-2-1-3-12(8-11)21-14(20)22-13(23)9-4-6-10(7-5-9)15(17,18)19/h1-8H,(H3,20,21,22,23). The number of carbonyl (C=O) groups excluding carboxylic acids is 1. The maximum Gasteiger partial charge on any atom is 0.416 e. The minimum atomic E-state index is -4.46. The van der Waals surface area contributed by atoms with E-state index in [1.807, 2.05) is 0 Å². The Kier molecular flexibility index (Phi) is 4.90. The zero-order valence-electron chi connectivity index (χ0n) is 11.6. The van der Waals surface area contributed by atoms with Crippen LogP contribution in [0.5, 0.6) is 0 Å². The second-order valence-electron chi connectivity index (χ2n) is 4.51. The van der Waals surface area contributed by atoms with Crippen molar-refractivity contribution in [1.82, 2.24) is 5.32 Å². The summed E-state index contributed by atoms with van der Waals surface area (Å²) in [5.74, 6) is -0.862. The molecule has 120 valence electrons. The summed E-state index contributed by atoms with van der Waals surface area (Å²) in [4.78, 5) is 15.8. The Hall–Kier alpha value is -2.54. The van der Waals surface area contributed by atoms with Crippen LogP contribution in [0.15, 0.2) is 53.5 Å². The molecule has 0 aliphatic heterocycles. The molecule has 0 bridgehead atoms. The van der Waals surface area contributed by atoms with Crippen molar-refractivity contribution in [1.29, 1.82) is 0 Å². The van der Waals surface area contributed by atoms with Crippen molar-refractivity contribution in [2.75, 3.05) is 0 Å². The van der Waals surface area contributed by atoms with Gasteiger partial charge in [-0.25, -0.2) is 4.99 Å². The van der Waals surface area contributed by atoms with Crippen LogP contribution >= 0.6 is 11.6 Å². The Morgan fingerprint density at radius 3 is 2.35 bits per heavy atom. The average Bonchev–Trinajstić information content (AvgIpc) is 2.46. The van der Waals surface area contributed by atoms with E-state index in [2.05, 4.69) is 10.3 Å². The van der Waals surface area contributed by atoms with Crippen LogP contribution in [0.1, 0.15) is 15.9 Å². The van der Waals surface area contributed by atoms with Gasteiger partial charge in [-0.2, -0.15) is 13.2 Å². The Morgan fingerprint density at radius 1 is 1.13 bits per heavy atom. The molecule has 8 heteroatoms. The second kappa shape index (κ2) is 6.70. The van der Waals surface area contributed by atoms with E-state index in [9.17, 15) is 18.0 Å². The van der Waals surface area contributed by atoms with Gasteiger partial charge in [-0.3, -0.25) is 10.1 Å². The molecule has 0 aliphatic rings. The normalized spacial score (nSPS) is 12.1. The van der Waals surface area contributed by atoms with Gasteiger partial charge >= 0.3 is 6.18 Å². The SMILES string of the molecule is NC(=Nc1cccc(Cl)c1)NC(=O)c1ccc(C(F)(F)F)cc1. The van der Waals surface area contributed by atoms with Crippen molar-refractivity contribution in [3.8, 4) is 0 Å². The molecular weight excluding hydrogens is 331 g/mol. The summed E-state index contributed by atoms with van der Waals surface area (Å²) in [7, 11) is 0. The van der Waals surface area contributed by atoms with Gasteiger partial charge in [0.15, 0.2) is 0 Å². The highest BCUT2D eigenvalue weighted by Gasteiger charge is 2.30. The molecule has 0 heterocycles. The summed E-state index contributed by atoms with van der Waals surface area (Å²) < 4.78 is 37.4. The van der Waals surface area contributed by atoms with E-state index >= 15 is 0 Å². The topological polar surface area (TPSA) is 67.5 Å². The maximum atomic E-state index is 12.5. The fourth-order valence-electron chi connectivity index (χ4n) is 1.71. The first-order chi connectivity index (χ1) is 10.8. The van der Waals surface area contributed by atoms with E-state index < -0.39 is 17.6 Å². The Balaban J connectivity index is 2.09. The summed E-state index contributed by atoms with van der Waals surface area (Å²) in [5, 5.41) is 2.74. The number of nitrogens with two attached hydrogens (primary N) is 1. The van der Waals surface area contributed by atoms with Crippen LogP contribution in [0.25, 0.3) is 0 Å². The molecular formula is C15H11ClF3N3O. The molecule has 0 unspecified atom stereocenters. The summed E-state index contributed by atoms with van der Waals surface area (Å²) in [6.45, 7) is 0. The van der Waals surface area contributed by atoms with Crippen LogP contribution in [0.3, 0.4) is 0 Å². The number of amides is 1. The largest absolute Gasteiger partial charge is 0.416 e. The average molecular weight is 342 g/mol. The number of halogens is 4. The number of rotatable bonds is 2. The van der Waals surface area contributed by atoms with Gasteiger partial charge < -0.3 is 5.73 Å². The summed E-state index contributed by atoms with van der Waals surface area (Å²) >= 11 is 5.79. The smallest absolute Gasteiger partial charge is 0.369 e. The Morgan fingerprint density at radius 2 is 1.78 bits per heavy atom. The molecule has 0 atom stereocenters. The van der Waals surface area contributed by atoms with Crippen LogP contribution in [-0.2, 0) is 6.18 Å². The van der Waals surface area contributed by atoms with E-state index in [0.717, 1.165) is 24.3 Å². The first-order valence-corrected chi connectivity index (χ1v) is 6.72. The number of carbonyl (C=O) groups is 1. The third-order valence-electron chi connectivity index (χ3n) is 2.77. The third-order valence-corrected chi connectivity index (χ3v) is 3.01. The molecule has 1 amide bonds. The zero-order chi connectivity index (χ0) is 17.0. The molecule has 0 saturated heterocycles. The number of nitrogens with one attached hydrogen (secondary N) is 1. The number of nitrogens with zero attached hydrogens (tertiary/aromatic N) is 1. The molecule has 2 aromatic rings. The van der Waals surface area contributed by atoms with Gasteiger partial charge in [-0.1, -0.05) is 17.7 Å². The van der Waals surface area contributed by atoms with E-state index in [-0.39, 0.29) is 11.5 Å². The molecule has 0 aliphatic carbocycles. The van der Waals surface area contributed by atoms with Gasteiger partial charge in [0.1, 0.15) is 0 Å². The lowest BCUT2D eigenvalue weighted by Crippen LogP contribution is -2.36. The first kappa shape index (κ1) is 16.8. The predicted octanol–water partition coefficient (Wildman–Crippen LogP) is 3.74. The molecule has 2 aromatic carbocycles. The molecule has 23 heavy (non-hydrogen) atoms. The molecule has 0 radical (unpaired) electrons. The van der Waals surface area contributed by atoms with Gasteiger partial charge in [0.25, 0.3) is 5.91 Å². The fourth-order valence-corrected chi connectivity index (χ4v) is 1.90. The lowest BCUT2D eigenvalue weighted by molar-refractivity contribution is -0.137. The Bertz CT molecular complexity index is 742. The number of hydrogen-bond acceptors (Lipinski definition) is 2. The molecule has 3 N–H and O–H groups in total. The van der Waals surface area contributed by atoms with Crippen molar-refractivity contribution in [3.63, 3.8) is 0 Å². The fraction of sp³-hybridized carbons (Fsp3) is 0.0667. The monoisotopic (exact) mass is 341 g/mol. The van der Waals surface area contributed by atoms with Crippen LogP contribution in [0.4, 0.5) is 18.9 Å². The van der Waals surface area contributed by atoms with Crippen molar-refractivity contribution in [3.05, 3.63) is 64.7 Å². The van der Waals surface area contributed by atoms with E-state index in [0.29, 0.717) is 10.7 Å². The molecule has 0 saturated carbocycles. The molecule has 0 spiro atoms. The van der Waals surface area contributed by atoms with Crippen LogP contribution < -0.4 is 11.1 Å². The predicted molar refractivity (Wildman–Crippen MR) is 81.6 cm³/mol. The summed E-state index contributed by atoms with van der Waals surface area (Å²) in [5.41, 5.74) is 5.21. The summed E-state index contributed by atoms with van der Waals surface area (Å²) in [6.07, 6.45) is -4.46. The number of hydrogen-bond donors (Lipinski definition) is 2. The van der Waals surface area contributed by atoms with Crippen LogP contribution in [0, 0.1) is 0 Å². The minimum Gasteiger partial charge on any atom is -0.369 e. The van der Waals surface area contributed by atoms with Gasteiger partial charge in [-0.05, 0) is 42.5 Å². The number of benzene rings is 2. The van der Waals surface area contributed by atoms with Crippen molar-refractivity contribution in [2.24, 2.45) is 10.7 Å². The third kappa shape index (κ3) is 4.72. The van der Waals surface area contributed by atoms with E-state index in [4.69, 9.17) is 17.3 Å². The first-order valence-electron chi connectivity index (χ1n) is 6.34. The molecule has 0 aromatic heterocycles. The molecule has 4 nitrogen and oxygen atoms in total. The van der Waals surface area contributed by atoms with Gasteiger partial charge in [0.05, 0.1) is 11.3 Å². The highest BCUT2D eigenvalue weighted by atomic mass is 35.5. The number of alkyl halides is 3. The van der Waals surface area contributed by atoms with Gasteiger partial charge in [0, 0.05) is 10.6 Å². The van der Waals surface area contributed by atoms with E-state index in [1.54, 1.807) is 24.3 Å². The lowest BCUT2D eigenvalue weighted by Gasteiger charge is -2.08. The minimum absolute atomic E-state index is 0.0299. The molecule has 0 fully saturated rings. The zero-order valence-corrected chi connectivity index (χ0v) is 12.3. The Labute approximate surface area is 134 Å². The van der Waals surface area contributed by atoms with Crippen molar-refractivity contribution >= 4 is 29.2 Å². The van der Waals surface area contributed by atoms with Crippen molar-refractivity contribution in [2.45, 2.75) is 6.18 Å². The maximum absolute atomic E-state index is 12.5. The second-order valence-corrected chi connectivity index (χ2v) is 4.94. The number of aliphatic imine (C=N–C) groups is 1. The number of guanidine groups is 1. The molecule has 2 rings (SSSR count).